The molecule has 33 heavy (non-hydrogen) atoms. The third-order valence-electron chi connectivity index (χ3n) is 7.78. The van der Waals surface area contributed by atoms with Gasteiger partial charge in [0.1, 0.15) is 17.9 Å². The van der Waals surface area contributed by atoms with E-state index in [2.05, 4.69) is 17.2 Å². The van der Waals surface area contributed by atoms with Crippen LogP contribution in [-0.4, -0.2) is 54.2 Å². The van der Waals surface area contributed by atoms with Crippen molar-refractivity contribution < 1.29 is 19.1 Å². The number of rotatable bonds is 6. The Bertz CT molecular complexity index is 932. The predicted molar refractivity (Wildman–Crippen MR) is 125 cm³/mol. The SMILES string of the molecule is C=C1CCC(N2Cc3cc(OC4CCCCC4NC4CCCC4OC)ccc3C2=O)C(=O)N1. The van der Waals surface area contributed by atoms with Crippen molar-refractivity contribution in [3.63, 3.8) is 0 Å². The van der Waals surface area contributed by atoms with Crippen molar-refractivity contribution in [2.45, 2.75) is 94.7 Å². The van der Waals surface area contributed by atoms with E-state index in [0.29, 0.717) is 43.1 Å². The van der Waals surface area contributed by atoms with Gasteiger partial charge in [-0.05, 0) is 75.1 Å². The van der Waals surface area contributed by atoms with Crippen molar-refractivity contribution in [3.8, 4) is 5.75 Å². The highest BCUT2D eigenvalue weighted by molar-refractivity contribution is 6.01. The van der Waals surface area contributed by atoms with Crippen LogP contribution in [-0.2, 0) is 16.1 Å². The maximum atomic E-state index is 13.0. The summed E-state index contributed by atoms with van der Waals surface area (Å²) in [6.07, 6.45) is 9.71. The van der Waals surface area contributed by atoms with Gasteiger partial charge in [-0.1, -0.05) is 13.0 Å². The summed E-state index contributed by atoms with van der Waals surface area (Å²) in [5, 5.41) is 6.64. The second-order valence-electron chi connectivity index (χ2n) is 9.92. The lowest BCUT2D eigenvalue weighted by Gasteiger charge is -2.35. The van der Waals surface area contributed by atoms with Crippen LogP contribution in [0.25, 0.3) is 0 Å². The Labute approximate surface area is 195 Å². The molecule has 7 heteroatoms. The number of hydrogen-bond donors (Lipinski definition) is 2. The topological polar surface area (TPSA) is 79.9 Å². The minimum atomic E-state index is -0.438. The smallest absolute Gasteiger partial charge is 0.255 e. The molecule has 0 radical (unpaired) electrons. The molecule has 2 aliphatic carbocycles. The zero-order valence-electron chi connectivity index (χ0n) is 19.5. The van der Waals surface area contributed by atoms with Gasteiger partial charge >= 0.3 is 0 Å². The van der Waals surface area contributed by atoms with E-state index >= 15 is 0 Å². The maximum Gasteiger partial charge on any atom is 0.255 e. The molecule has 5 unspecified atom stereocenters. The number of piperidine rings is 1. The van der Waals surface area contributed by atoms with Gasteiger partial charge in [-0.2, -0.15) is 0 Å². The van der Waals surface area contributed by atoms with Crippen LogP contribution in [0.1, 0.15) is 73.7 Å². The van der Waals surface area contributed by atoms with Gasteiger partial charge < -0.3 is 25.0 Å². The quantitative estimate of drug-likeness (QED) is 0.691. The first kappa shape index (κ1) is 22.4. The predicted octanol–water partition coefficient (Wildman–Crippen LogP) is 3.28. The molecule has 2 saturated carbocycles. The number of carbonyl (C=O) groups is 2. The molecule has 5 rings (SSSR count). The first-order valence-electron chi connectivity index (χ1n) is 12.4. The fourth-order valence-corrected chi connectivity index (χ4v) is 5.98. The number of methoxy groups -OCH3 is 1. The minimum absolute atomic E-state index is 0.0757. The van der Waals surface area contributed by atoms with Gasteiger partial charge in [0.05, 0.1) is 6.10 Å². The Morgan fingerprint density at radius 2 is 1.79 bits per heavy atom. The van der Waals surface area contributed by atoms with Gasteiger partial charge in [-0.3, -0.25) is 9.59 Å². The molecule has 3 fully saturated rings. The second kappa shape index (κ2) is 9.47. The van der Waals surface area contributed by atoms with Crippen LogP contribution in [0.5, 0.6) is 5.75 Å². The Morgan fingerprint density at radius 1 is 1.03 bits per heavy atom. The van der Waals surface area contributed by atoms with Crippen LogP contribution in [0.2, 0.25) is 0 Å². The molecule has 0 spiro atoms. The number of benzene rings is 1. The number of hydrogen-bond acceptors (Lipinski definition) is 5. The number of nitrogens with zero attached hydrogens (tertiary/aromatic N) is 1. The average molecular weight is 454 g/mol. The van der Waals surface area contributed by atoms with Crippen LogP contribution in [0.4, 0.5) is 0 Å². The summed E-state index contributed by atoms with van der Waals surface area (Å²) >= 11 is 0. The largest absolute Gasteiger partial charge is 0.489 e. The number of amides is 2. The van der Waals surface area contributed by atoms with Crippen molar-refractivity contribution in [2.24, 2.45) is 0 Å². The molecule has 4 aliphatic rings. The van der Waals surface area contributed by atoms with E-state index in [1.54, 1.807) is 4.90 Å². The van der Waals surface area contributed by atoms with Gasteiger partial charge in [0.2, 0.25) is 5.91 Å². The van der Waals surface area contributed by atoms with E-state index in [-0.39, 0.29) is 17.9 Å². The van der Waals surface area contributed by atoms with E-state index in [1.165, 1.54) is 19.3 Å². The normalized spacial score (nSPS) is 32.1. The van der Waals surface area contributed by atoms with E-state index < -0.39 is 6.04 Å². The molecule has 0 aromatic heterocycles. The molecule has 7 nitrogen and oxygen atoms in total. The monoisotopic (exact) mass is 453 g/mol. The Morgan fingerprint density at radius 3 is 2.61 bits per heavy atom. The van der Waals surface area contributed by atoms with Gasteiger partial charge in [0.25, 0.3) is 5.91 Å². The molecule has 5 atom stereocenters. The van der Waals surface area contributed by atoms with E-state index in [0.717, 1.165) is 42.7 Å². The molecule has 0 bridgehead atoms. The highest BCUT2D eigenvalue weighted by atomic mass is 16.5. The van der Waals surface area contributed by atoms with Crippen LogP contribution in [0.15, 0.2) is 30.5 Å². The number of allylic oxidation sites excluding steroid dienone is 1. The standard InChI is InChI=1S/C26H35N3O4/c1-16-10-13-22(25(30)27-16)29-15-17-14-18(11-12-19(17)26(29)31)33-24-8-4-3-6-21(24)28-20-7-5-9-23(20)32-2/h11-12,14,20-24,28H,1,3-10,13,15H2,2H3,(H,27,30). The molecule has 1 aromatic carbocycles. The first-order valence-corrected chi connectivity index (χ1v) is 12.4. The van der Waals surface area contributed by atoms with Gasteiger partial charge in [-0.15, -0.1) is 0 Å². The summed E-state index contributed by atoms with van der Waals surface area (Å²) in [6, 6.07) is 6.02. The Balaban J connectivity index is 1.26. The fourth-order valence-electron chi connectivity index (χ4n) is 5.98. The number of nitrogens with one attached hydrogen (secondary N) is 2. The summed E-state index contributed by atoms with van der Waals surface area (Å²) in [5.74, 6) is 0.591. The highest BCUT2D eigenvalue weighted by Crippen LogP contribution is 2.33. The zero-order valence-corrected chi connectivity index (χ0v) is 19.5. The van der Waals surface area contributed by atoms with Crippen molar-refractivity contribution >= 4 is 11.8 Å². The Kier molecular flexibility index (Phi) is 6.43. The molecule has 1 aromatic rings. The molecule has 2 N–H and O–H groups in total. The number of carbonyl (C=O) groups excluding carboxylic acids is 2. The molecule has 2 aliphatic heterocycles. The van der Waals surface area contributed by atoms with Crippen molar-refractivity contribution in [1.82, 2.24) is 15.5 Å². The van der Waals surface area contributed by atoms with Gasteiger partial charge in [0.15, 0.2) is 0 Å². The fraction of sp³-hybridized carbons (Fsp3) is 0.615. The van der Waals surface area contributed by atoms with E-state index in [1.807, 2.05) is 25.3 Å². The molecule has 2 heterocycles. The van der Waals surface area contributed by atoms with Crippen molar-refractivity contribution in [1.29, 1.82) is 0 Å². The third-order valence-corrected chi connectivity index (χ3v) is 7.78. The van der Waals surface area contributed by atoms with Crippen LogP contribution in [0.3, 0.4) is 0 Å². The number of fused-ring (bicyclic) bond motifs is 1. The molecule has 2 amide bonds. The van der Waals surface area contributed by atoms with Crippen LogP contribution in [0, 0.1) is 0 Å². The van der Waals surface area contributed by atoms with Gasteiger partial charge in [0, 0.05) is 37.0 Å². The second-order valence-corrected chi connectivity index (χ2v) is 9.92. The molecule has 1 saturated heterocycles. The maximum absolute atomic E-state index is 13.0. The van der Waals surface area contributed by atoms with Gasteiger partial charge in [-0.25, -0.2) is 0 Å². The zero-order chi connectivity index (χ0) is 22.9. The minimum Gasteiger partial charge on any atom is -0.489 e. The van der Waals surface area contributed by atoms with Crippen LogP contribution >= 0.6 is 0 Å². The summed E-state index contributed by atoms with van der Waals surface area (Å²) in [6.45, 7) is 4.28. The third kappa shape index (κ3) is 4.53. The molecular formula is C26H35N3O4. The van der Waals surface area contributed by atoms with Crippen molar-refractivity contribution in [3.05, 3.63) is 41.6 Å². The first-order chi connectivity index (χ1) is 16.0. The lowest BCUT2D eigenvalue weighted by atomic mass is 9.91. The summed E-state index contributed by atoms with van der Waals surface area (Å²) in [5.41, 5.74) is 2.33. The van der Waals surface area contributed by atoms with Crippen molar-refractivity contribution in [2.75, 3.05) is 7.11 Å². The average Bonchev–Trinajstić information content (AvgIpc) is 3.39. The lowest BCUT2D eigenvalue weighted by Crippen LogP contribution is -2.51. The summed E-state index contributed by atoms with van der Waals surface area (Å²) < 4.78 is 12.2. The summed E-state index contributed by atoms with van der Waals surface area (Å²) in [7, 11) is 1.81. The lowest BCUT2D eigenvalue weighted by molar-refractivity contribution is -0.126. The Hall–Kier alpha value is -2.38. The number of ether oxygens (including phenoxy) is 2. The van der Waals surface area contributed by atoms with E-state index in [9.17, 15) is 9.59 Å². The molecular weight excluding hydrogens is 418 g/mol. The van der Waals surface area contributed by atoms with E-state index in [4.69, 9.17) is 9.47 Å². The highest BCUT2D eigenvalue weighted by Gasteiger charge is 2.39. The molecule has 178 valence electrons. The summed E-state index contributed by atoms with van der Waals surface area (Å²) in [4.78, 5) is 27.1. The van der Waals surface area contributed by atoms with Crippen LogP contribution < -0.4 is 15.4 Å².